The quantitative estimate of drug-likeness (QED) is 0.538. The average Bonchev–Trinajstić information content (AvgIpc) is 3.33. The van der Waals surface area contributed by atoms with Gasteiger partial charge in [0.05, 0.1) is 11.2 Å². The highest BCUT2D eigenvalue weighted by atomic mass is 19.3. The molecule has 0 aliphatic heterocycles. The van der Waals surface area contributed by atoms with Crippen molar-refractivity contribution < 1.29 is 8.78 Å². The van der Waals surface area contributed by atoms with Crippen molar-refractivity contribution in [3.8, 4) is 0 Å². The number of nitrogens with zero attached hydrogens (tertiary/aromatic N) is 4. The number of hydrogen-bond donors (Lipinski definition) is 1. The first-order valence-corrected chi connectivity index (χ1v) is 9.64. The number of anilines is 1. The minimum Gasteiger partial charge on any atom is -0.368 e. The normalized spacial score (nSPS) is 20.2. The fourth-order valence-electron chi connectivity index (χ4n) is 4.15. The van der Waals surface area contributed by atoms with Gasteiger partial charge in [-0.1, -0.05) is 12.1 Å². The summed E-state index contributed by atoms with van der Waals surface area (Å²) in [6.45, 7) is 0. The van der Waals surface area contributed by atoms with Gasteiger partial charge in [-0.15, -0.1) is 0 Å². The second-order valence-electron chi connectivity index (χ2n) is 7.44. The third-order valence-corrected chi connectivity index (χ3v) is 5.62. The Morgan fingerprint density at radius 2 is 1.89 bits per heavy atom. The van der Waals surface area contributed by atoms with E-state index in [9.17, 15) is 8.78 Å². The summed E-state index contributed by atoms with van der Waals surface area (Å²) in [6, 6.07) is 14.1. The van der Waals surface area contributed by atoms with Crippen LogP contribution in [0.15, 0.2) is 54.9 Å². The number of hydrogen-bond acceptors (Lipinski definition) is 3. The van der Waals surface area contributed by atoms with Gasteiger partial charge < -0.3 is 5.32 Å². The molecule has 1 aliphatic carbocycles. The molecule has 1 fully saturated rings. The molecular weight excluding hydrogens is 360 g/mol. The van der Waals surface area contributed by atoms with E-state index in [-0.39, 0.29) is 5.69 Å². The summed E-state index contributed by atoms with van der Waals surface area (Å²) >= 11 is 0. The summed E-state index contributed by atoms with van der Waals surface area (Å²) in [5.74, 6) is 1.28. The first-order chi connectivity index (χ1) is 13.7. The molecule has 0 aromatic carbocycles. The summed E-state index contributed by atoms with van der Waals surface area (Å²) in [4.78, 5) is 4.00. The van der Waals surface area contributed by atoms with Crippen molar-refractivity contribution in [2.75, 3.05) is 5.32 Å². The van der Waals surface area contributed by atoms with Crippen molar-refractivity contribution in [1.29, 1.82) is 0 Å². The molecule has 0 atom stereocenters. The minimum atomic E-state index is -2.56. The summed E-state index contributed by atoms with van der Waals surface area (Å²) in [7, 11) is 0. The molecule has 144 valence electrons. The van der Waals surface area contributed by atoms with E-state index in [4.69, 9.17) is 5.10 Å². The third-order valence-electron chi connectivity index (χ3n) is 5.62. The van der Waals surface area contributed by atoms with Gasteiger partial charge in [0.25, 0.3) is 6.43 Å². The maximum Gasteiger partial charge on any atom is 0.281 e. The Labute approximate surface area is 161 Å². The van der Waals surface area contributed by atoms with Crippen molar-refractivity contribution in [3.63, 3.8) is 0 Å². The van der Waals surface area contributed by atoms with Crippen LogP contribution in [0.4, 0.5) is 14.6 Å². The van der Waals surface area contributed by atoms with E-state index in [0.29, 0.717) is 17.6 Å². The van der Waals surface area contributed by atoms with Gasteiger partial charge in [0.1, 0.15) is 17.2 Å². The maximum atomic E-state index is 13.0. The standard InChI is InChI=1S/C21H21F2N5/c22-21(23)18-13-27-19(5-3-6-20(27)25-18)24-15-9-7-14(8-10-15)17-12-16-4-1-2-11-28(16)26-17/h1-6,11-15,21,24H,7-10H2. The smallest absolute Gasteiger partial charge is 0.281 e. The number of alkyl halides is 2. The lowest BCUT2D eigenvalue weighted by molar-refractivity contribution is 0.147. The lowest BCUT2D eigenvalue weighted by Gasteiger charge is -2.29. The van der Waals surface area contributed by atoms with Crippen LogP contribution in [0.1, 0.15) is 49.4 Å². The lowest BCUT2D eigenvalue weighted by Crippen LogP contribution is -2.26. The van der Waals surface area contributed by atoms with Gasteiger partial charge in [0.15, 0.2) is 0 Å². The van der Waals surface area contributed by atoms with Crippen molar-refractivity contribution in [2.45, 2.75) is 44.1 Å². The highest BCUT2D eigenvalue weighted by Gasteiger charge is 2.25. The zero-order valence-corrected chi connectivity index (χ0v) is 15.3. The third kappa shape index (κ3) is 3.10. The molecule has 0 unspecified atom stereocenters. The zero-order valence-electron chi connectivity index (χ0n) is 15.3. The largest absolute Gasteiger partial charge is 0.368 e. The van der Waals surface area contributed by atoms with Crippen LogP contribution in [-0.4, -0.2) is 25.0 Å². The van der Waals surface area contributed by atoms with Crippen LogP contribution in [0.3, 0.4) is 0 Å². The second kappa shape index (κ2) is 6.89. The number of rotatable bonds is 4. The number of nitrogens with one attached hydrogen (secondary N) is 1. The predicted octanol–water partition coefficient (Wildman–Crippen LogP) is 5.06. The summed E-state index contributed by atoms with van der Waals surface area (Å²) in [5.41, 5.74) is 2.63. The van der Waals surface area contributed by atoms with E-state index in [1.54, 1.807) is 10.5 Å². The van der Waals surface area contributed by atoms with E-state index in [1.165, 1.54) is 6.20 Å². The molecule has 0 spiro atoms. The number of imidazole rings is 1. The Kier molecular flexibility index (Phi) is 4.22. The lowest BCUT2D eigenvalue weighted by atomic mass is 9.84. The van der Waals surface area contributed by atoms with Gasteiger partial charge in [-0.3, -0.25) is 4.40 Å². The fraction of sp³-hybridized carbons (Fsp3) is 0.333. The van der Waals surface area contributed by atoms with Gasteiger partial charge in [0.2, 0.25) is 0 Å². The first-order valence-electron chi connectivity index (χ1n) is 9.64. The highest BCUT2D eigenvalue weighted by molar-refractivity contribution is 5.52. The van der Waals surface area contributed by atoms with Crippen LogP contribution in [0.25, 0.3) is 11.2 Å². The van der Waals surface area contributed by atoms with Crippen molar-refractivity contribution in [3.05, 3.63) is 66.2 Å². The van der Waals surface area contributed by atoms with Crippen LogP contribution >= 0.6 is 0 Å². The molecule has 4 aromatic heterocycles. The van der Waals surface area contributed by atoms with Crippen LogP contribution in [0.2, 0.25) is 0 Å². The Balaban J connectivity index is 1.29. The van der Waals surface area contributed by atoms with E-state index in [2.05, 4.69) is 22.4 Å². The van der Waals surface area contributed by atoms with Crippen molar-refractivity contribution >= 4 is 17.0 Å². The summed E-state index contributed by atoms with van der Waals surface area (Å²) < 4.78 is 29.6. The molecule has 1 N–H and O–H groups in total. The summed E-state index contributed by atoms with van der Waals surface area (Å²) in [5, 5.41) is 8.25. The molecule has 5 nitrogen and oxygen atoms in total. The molecule has 7 heteroatoms. The average molecular weight is 381 g/mol. The van der Waals surface area contributed by atoms with Gasteiger partial charge in [-0.2, -0.15) is 5.10 Å². The van der Waals surface area contributed by atoms with E-state index < -0.39 is 6.43 Å². The molecule has 1 saturated carbocycles. The fourth-order valence-corrected chi connectivity index (χ4v) is 4.15. The molecule has 0 bridgehead atoms. The monoisotopic (exact) mass is 381 g/mol. The van der Waals surface area contributed by atoms with Crippen molar-refractivity contribution in [2.24, 2.45) is 0 Å². The molecule has 4 aromatic rings. The molecule has 0 radical (unpaired) electrons. The molecule has 28 heavy (non-hydrogen) atoms. The van der Waals surface area contributed by atoms with Crippen molar-refractivity contribution in [1.82, 2.24) is 19.0 Å². The van der Waals surface area contributed by atoms with Crippen LogP contribution in [-0.2, 0) is 0 Å². The van der Waals surface area contributed by atoms with Gasteiger partial charge in [-0.25, -0.2) is 18.3 Å². The van der Waals surface area contributed by atoms with Crippen LogP contribution < -0.4 is 5.32 Å². The second-order valence-corrected chi connectivity index (χ2v) is 7.44. The summed E-state index contributed by atoms with van der Waals surface area (Å²) in [6.07, 6.45) is 4.99. The van der Waals surface area contributed by atoms with E-state index in [0.717, 1.165) is 42.7 Å². The molecular formula is C21H21F2N5. The number of aromatic nitrogens is 4. The first kappa shape index (κ1) is 17.2. The molecule has 4 heterocycles. The van der Waals surface area contributed by atoms with Crippen LogP contribution in [0.5, 0.6) is 0 Å². The highest BCUT2D eigenvalue weighted by Crippen LogP contribution is 2.34. The number of pyridine rings is 2. The molecule has 0 amide bonds. The molecule has 5 rings (SSSR count). The Morgan fingerprint density at radius 3 is 2.68 bits per heavy atom. The Bertz CT molecular complexity index is 1080. The topological polar surface area (TPSA) is 46.6 Å². The predicted molar refractivity (Wildman–Crippen MR) is 104 cm³/mol. The maximum absolute atomic E-state index is 13.0. The van der Waals surface area contributed by atoms with Gasteiger partial charge in [-0.05, 0) is 56.0 Å². The van der Waals surface area contributed by atoms with E-state index >= 15 is 0 Å². The Hall–Kier alpha value is -2.96. The Morgan fingerprint density at radius 1 is 1.04 bits per heavy atom. The number of halogens is 2. The SMILES string of the molecule is FC(F)c1cn2c(NC3CCC(c4cc5ccccn5n4)CC3)cccc2n1. The number of fused-ring (bicyclic) bond motifs is 2. The molecule has 0 saturated heterocycles. The van der Waals surface area contributed by atoms with Gasteiger partial charge >= 0.3 is 0 Å². The zero-order chi connectivity index (χ0) is 19.1. The van der Waals surface area contributed by atoms with E-state index in [1.807, 2.05) is 35.0 Å². The molecule has 1 aliphatic rings. The minimum absolute atomic E-state index is 0.190. The van der Waals surface area contributed by atoms with Gasteiger partial charge in [0, 0.05) is 24.4 Å². The van der Waals surface area contributed by atoms with Crippen LogP contribution in [0, 0.1) is 0 Å².